The highest BCUT2D eigenvalue weighted by Crippen LogP contribution is 2.13. The summed E-state index contributed by atoms with van der Waals surface area (Å²) in [6.07, 6.45) is 3.13. The number of hydrogen-bond donors (Lipinski definition) is 1. The predicted molar refractivity (Wildman–Crippen MR) is 59.6 cm³/mol. The average molecular weight is 193 g/mol. The van der Waals surface area contributed by atoms with Gasteiger partial charge < -0.3 is 10.5 Å². The zero-order chi connectivity index (χ0) is 10.2. The lowest BCUT2D eigenvalue weighted by Crippen LogP contribution is -2.03. The first kappa shape index (κ1) is 11.1. The van der Waals surface area contributed by atoms with Crippen molar-refractivity contribution in [2.75, 3.05) is 13.2 Å². The van der Waals surface area contributed by atoms with Crippen molar-refractivity contribution in [3.8, 4) is 5.75 Å². The van der Waals surface area contributed by atoms with Crippen molar-refractivity contribution in [3.05, 3.63) is 29.8 Å². The quantitative estimate of drug-likeness (QED) is 0.704. The molecule has 78 valence electrons. The molecule has 1 aromatic carbocycles. The van der Waals surface area contributed by atoms with Crippen molar-refractivity contribution in [3.63, 3.8) is 0 Å². The number of nitrogens with two attached hydrogens (primary N) is 1. The molecule has 0 aliphatic carbocycles. The maximum Gasteiger partial charge on any atom is 0.119 e. The Morgan fingerprint density at radius 1 is 1.29 bits per heavy atom. The number of benzene rings is 1. The average Bonchev–Trinajstić information content (AvgIpc) is 2.25. The minimum absolute atomic E-state index is 0.748. The molecular formula is C12H19NO. The molecule has 0 spiro atoms. The van der Waals surface area contributed by atoms with Gasteiger partial charge in [0.05, 0.1) is 6.61 Å². The molecule has 0 heterocycles. The molecule has 14 heavy (non-hydrogen) atoms. The Balaban J connectivity index is 2.34. The molecule has 0 fully saturated rings. The Morgan fingerprint density at radius 2 is 2.14 bits per heavy atom. The fourth-order valence-corrected chi connectivity index (χ4v) is 1.29. The van der Waals surface area contributed by atoms with Crippen molar-refractivity contribution >= 4 is 0 Å². The fourth-order valence-electron chi connectivity index (χ4n) is 1.29. The lowest BCUT2D eigenvalue weighted by molar-refractivity contribution is 0.307. The molecular weight excluding hydrogens is 174 g/mol. The number of rotatable bonds is 6. The molecule has 1 aromatic rings. The van der Waals surface area contributed by atoms with Crippen LogP contribution in [0, 0.1) is 0 Å². The van der Waals surface area contributed by atoms with Crippen LogP contribution in [0.3, 0.4) is 0 Å². The molecule has 0 bridgehead atoms. The minimum atomic E-state index is 0.748. The molecule has 0 saturated carbocycles. The van der Waals surface area contributed by atoms with Gasteiger partial charge in [-0.2, -0.15) is 0 Å². The van der Waals surface area contributed by atoms with Gasteiger partial charge in [0.15, 0.2) is 0 Å². The third-order valence-corrected chi connectivity index (χ3v) is 2.17. The molecule has 0 unspecified atom stereocenters. The third kappa shape index (κ3) is 3.79. The second-order valence-electron chi connectivity index (χ2n) is 3.35. The maximum absolute atomic E-state index is 5.60. The van der Waals surface area contributed by atoms with Crippen LogP contribution in [0.5, 0.6) is 5.75 Å². The summed E-state index contributed by atoms with van der Waals surface area (Å²) >= 11 is 0. The number of hydrogen-bond acceptors (Lipinski definition) is 2. The molecule has 2 N–H and O–H groups in total. The van der Waals surface area contributed by atoms with Crippen molar-refractivity contribution < 1.29 is 4.74 Å². The first-order valence-corrected chi connectivity index (χ1v) is 5.28. The van der Waals surface area contributed by atoms with Gasteiger partial charge in [-0.3, -0.25) is 0 Å². The lowest BCUT2D eigenvalue weighted by Gasteiger charge is -2.06. The number of ether oxygens (including phenoxy) is 1. The standard InChI is InChI=1S/C12H19NO/c1-2-11-6-5-7-12(10-11)14-9-4-3-8-13/h5-7,10H,2-4,8-9,13H2,1H3. The van der Waals surface area contributed by atoms with Crippen LogP contribution >= 0.6 is 0 Å². The van der Waals surface area contributed by atoms with Gasteiger partial charge in [-0.25, -0.2) is 0 Å². The van der Waals surface area contributed by atoms with Crippen LogP contribution in [-0.4, -0.2) is 13.2 Å². The van der Waals surface area contributed by atoms with Crippen molar-refractivity contribution in [1.29, 1.82) is 0 Å². The summed E-state index contributed by atoms with van der Waals surface area (Å²) in [4.78, 5) is 0. The van der Waals surface area contributed by atoms with Gasteiger partial charge >= 0.3 is 0 Å². The van der Waals surface area contributed by atoms with Crippen LogP contribution in [0.4, 0.5) is 0 Å². The van der Waals surface area contributed by atoms with Gasteiger partial charge in [0.2, 0.25) is 0 Å². The molecule has 0 aliphatic heterocycles. The van der Waals surface area contributed by atoms with Gasteiger partial charge in [0.1, 0.15) is 5.75 Å². The van der Waals surface area contributed by atoms with E-state index < -0.39 is 0 Å². The van der Waals surface area contributed by atoms with Crippen LogP contribution in [0.2, 0.25) is 0 Å². The summed E-state index contributed by atoms with van der Waals surface area (Å²) < 4.78 is 5.60. The third-order valence-electron chi connectivity index (χ3n) is 2.17. The normalized spacial score (nSPS) is 10.1. The van der Waals surface area contributed by atoms with Crippen molar-refractivity contribution in [1.82, 2.24) is 0 Å². The zero-order valence-electron chi connectivity index (χ0n) is 8.83. The van der Waals surface area contributed by atoms with Crippen LogP contribution in [-0.2, 0) is 6.42 Å². The first-order chi connectivity index (χ1) is 6.86. The smallest absolute Gasteiger partial charge is 0.119 e. The van der Waals surface area contributed by atoms with Crippen molar-refractivity contribution in [2.45, 2.75) is 26.2 Å². The summed E-state index contributed by atoms with van der Waals surface area (Å²) in [6.45, 7) is 3.66. The maximum atomic E-state index is 5.60. The molecule has 0 aromatic heterocycles. The second-order valence-corrected chi connectivity index (χ2v) is 3.35. The van der Waals surface area contributed by atoms with E-state index in [-0.39, 0.29) is 0 Å². The van der Waals surface area contributed by atoms with E-state index in [0.717, 1.165) is 38.2 Å². The Hall–Kier alpha value is -1.02. The Morgan fingerprint density at radius 3 is 2.86 bits per heavy atom. The highest BCUT2D eigenvalue weighted by atomic mass is 16.5. The van der Waals surface area contributed by atoms with Gasteiger partial charge in [0, 0.05) is 0 Å². The van der Waals surface area contributed by atoms with Crippen LogP contribution < -0.4 is 10.5 Å². The molecule has 0 saturated heterocycles. The molecule has 0 radical (unpaired) electrons. The van der Waals surface area contributed by atoms with Crippen LogP contribution in [0.25, 0.3) is 0 Å². The van der Waals surface area contributed by atoms with E-state index in [1.807, 2.05) is 12.1 Å². The van der Waals surface area contributed by atoms with Gasteiger partial charge in [-0.1, -0.05) is 19.1 Å². The van der Waals surface area contributed by atoms with E-state index in [4.69, 9.17) is 10.5 Å². The molecule has 2 heteroatoms. The Kier molecular flexibility index (Phi) is 5.08. The largest absolute Gasteiger partial charge is 0.494 e. The molecule has 1 rings (SSSR count). The summed E-state index contributed by atoms with van der Waals surface area (Å²) in [6, 6.07) is 8.26. The van der Waals surface area contributed by atoms with Crippen LogP contribution in [0.1, 0.15) is 25.3 Å². The van der Waals surface area contributed by atoms with Crippen LogP contribution in [0.15, 0.2) is 24.3 Å². The highest BCUT2D eigenvalue weighted by Gasteiger charge is 1.94. The summed E-state index contributed by atoms with van der Waals surface area (Å²) in [5.74, 6) is 0.973. The minimum Gasteiger partial charge on any atom is -0.494 e. The predicted octanol–water partition coefficient (Wildman–Crippen LogP) is 2.37. The van der Waals surface area contributed by atoms with Gasteiger partial charge in [0.25, 0.3) is 0 Å². The molecule has 0 amide bonds. The second kappa shape index (κ2) is 6.44. The molecule has 0 atom stereocenters. The summed E-state index contributed by atoms with van der Waals surface area (Å²) in [7, 11) is 0. The zero-order valence-corrected chi connectivity index (χ0v) is 8.83. The van der Waals surface area contributed by atoms with Gasteiger partial charge in [-0.05, 0) is 43.5 Å². The van der Waals surface area contributed by atoms with E-state index in [9.17, 15) is 0 Å². The number of unbranched alkanes of at least 4 members (excludes halogenated alkanes) is 1. The topological polar surface area (TPSA) is 35.2 Å². The SMILES string of the molecule is CCc1cccc(OCCCCN)c1. The monoisotopic (exact) mass is 193 g/mol. The lowest BCUT2D eigenvalue weighted by atomic mass is 10.2. The van der Waals surface area contributed by atoms with E-state index >= 15 is 0 Å². The Bertz CT molecular complexity index is 260. The molecule has 0 aliphatic rings. The number of aryl methyl sites for hydroxylation is 1. The summed E-state index contributed by atoms with van der Waals surface area (Å²) in [5.41, 5.74) is 6.72. The molecule has 2 nitrogen and oxygen atoms in total. The van der Waals surface area contributed by atoms with Crippen molar-refractivity contribution in [2.24, 2.45) is 5.73 Å². The van der Waals surface area contributed by atoms with Gasteiger partial charge in [-0.15, -0.1) is 0 Å². The van der Waals surface area contributed by atoms with E-state index in [1.54, 1.807) is 0 Å². The Labute approximate surface area is 86.1 Å². The highest BCUT2D eigenvalue weighted by molar-refractivity contribution is 5.28. The first-order valence-electron chi connectivity index (χ1n) is 5.28. The fraction of sp³-hybridized carbons (Fsp3) is 0.500. The van der Waals surface area contributed by atoms with E-state index in [1.165, 1.54) is 5.56 Å². The van der Waals surface area contributed by atoms with E-state index in [0.29, 0.717) is 0 Å². The summed E-state index contributed by atoms with van der Waals surface area (Å²) in [5, 5.41) is 0. The van der Waals surface area contributed by atoms with E-state index in [2.05, 4.69) is 19.1 Å².